The van der Waals surface area contributed by atoms with Gasteiger partial charge in [0.15, 0.2) is 0 Å². The average molecular weight is 349 g/mol. The molecule has 2 aromatic heterocycles. The molecule has 0 bridgehead atoms. The number of hydrogen-bond acceptors (Lipinski definition) is 2. The number of imidazole rings is 1. The van der Waals surface area contributed by atoms with Gasteiger partial charge in [-0.2, -0.15) is 0 Å². The average Bonchev–Trinajstić information content (AvgIpc) is 2.98. The molecule has 3 aromatic rings. The van der Waals surface area contributed by atoms with Gasteiger partial charge < -0.3 is 9.72 Å². The SMILES string of the molecule is CCCCNC(=O)Cc1c(-c2ccc(C)c(C)c2)nc2c(C)cccn12. The number of carbonyl (C=O) groups excluding carboxylic acids is 1. The third-order valence-corrected chi connectivity index (χ3v) is 4.90. The molecule has 0 saturated heterocycles. The Kier molecular flexibility index (Phi) is 5.40. The van der Waals surface area contributed by atoms with Crippen molar-refractivity contribution in [1.29, 1.82) is 0 Å². The monoisotopic (exact) mass is 349 g/mol. The van der Waals surface area contributed by atoms with E-state index in [9.17, 15) is 4.79 Å². The van der Waals surface area contributed by atoms with E-state index in [1.807, 2.05) is 12.3 Å². The van der Waals surface area contributed by atoms with Crippen LogP contribution in [0.1, 0.15) is 42.1 Å². The van der Waals surface area contributed by atoms with Crippen molar-refractivity contribution in [2.24, 2.45) is 0 Å². The summed E-state index contributed by atoms with van der Waals surface area (Å²) in [5.74, 6) is 0.0480. The molecule has 4 heteroatoms. The fourth-order valence-electron chi connectivity index (χ4n) is 3.16. The van der Waals surface area contributed by atoms with Crippen LogP contribution in [0, 0.1) is 20.8 Å². The van der Waals surface area contributed by atoms with Crippen molar-refractivity contribution >= 4 is 11.6 Å². The zero-order valence-electron chi connectivity index (χ0n) is 16.1. The molecule has 1 amide bonds. The van der Waals surface area contributed by atoms with E-state index in [4.69, 9.17) is 4.98 Å². The molecule has 0 fully saturated rings. The lowest BCUT2D eigenvalue weighted by molar-refractivity contribution is -0.120. The zero-order chi connectivity index (χ0) is 18.7. The predicted octanol–water partition coefficient (Wildman–Crippen LogP) is 4.39. The summed E-state index contributed by atoms with van der Waals surface area (Å²) in [6.07, 6.45) is 4.40. The van der Waals surface area contributed by atoms with Crippen molar-refractivity contribution in [3.05, 3.63) is 58.9 Å². The molecule has 0 atom stereocenters. The molecule has 0 spiro atoms. The first-order valence-corrected chi connectivity index (χ1v) is 9.32. The first-order valence-electron chi connectivity index (χ1n) is 9.32. The van der Waals surface area contributed by atoms with Crippen LogP contribution in [-0.2, 0) is 11.2 Å². The molecule has 0 aliphatic heterocycles. The van der Waals surface area contributed by atoms with Crippen molar-refractivity contribution in [3.63, 3.8) is 0 Å². The predicted molar refractivity (Wildman–Crippen MR) is 106 cm³/mol. The number of rotatable bonds is 6. The van der Waals surface area contributed by atoms with E-state index in [-0.39, 0.29) is 5.91 Å². The van der Waals surface area contributed by atoms with Crippen molar-refractivity contribution in [2.45, 2.75) is 47.0 Å². The van der Waals surface area contributed by atoms with Crippen LogP contribution in [0.3, 0.4) is 0 Å². The lowest BCUT2D eigenvalue weighted by atomic mass is 10.0. The molecule has 4 nitrogen and oxygen atoms in total. The highest BCUT2D eigenvalue weighted by atomic mass is 16.1. The van der Waals surface area contributed by atoms with E-state index in [2.05, 4.69) is 61.7 Å². The van der Waals surface area contributed by atoms with Crippen molar-refractivity contribution in [1.82, 2.24) is 14.7 Å². The van der Waals surface area contributed by atoms with Crippen LogP contribution in [0.2, 0.25) is 0 Å². The molecule has 0 aliphatic rings. The van der Waals surface area contributed by atoms with Gasteiger partial charge in [-0.05, 0) is 56.0 Å². The summed E-state index contributed by atoms with van der Waals surface area (Å²) >= 11 is 0. The number of aryl methyl sites for hydroxylation is 3. The van der Waals surface area contributed by atoms with Gasteiger partial charge in [0.05, 0.1) is 17.8 Å². The number of fused-ring (bicyclic) bond motifs is 1. The Bertz CT molecular complexity index is 940. The number of unbranched alkanes of at least 4 members (excludes halogenated alkanes) is 1. The summed E-state index contributed by atoms with van der Waals surface area (Å²) in [5.41, 5.74) is 7.41. The van der Waals surface area contributed by atoms with Crippen molar-refractivity contribution in [3.8, 4) is 11.3 Å². The molecular weight excluding hydrogens is 322 g/mol. The molecule has 26 heavy (non-hydrogen) atoms. The Hall–Kier alpha value is -2.62. The molecule has 0 radical (unpaired) electrons. The summed E-state index contributed by atoms with van der Waals surface area (Å²) in [6, 6.07) is 10.4. The van der Waals surface area contributed by atoms with Crippen LogP contribution < -0.4 is 5.32 Å². The van der Waals surface area contributed by atoms with Gasteiger partial charge in [0.25, 0.3) is 0 Å². The quantitative estimate of drug-likeness (QED) is 0.671. The maximum Gasteiger partial charge on any atom is 0.226 e. The van der Waals surface area contributed by atoms with Gasteiger partial charge in [-0.15, -0.1) is 0 Å². The molecule has 2 heterocycles. The number of nitrogens with zero attached hydrogens (tertiary/aromatic N) is 2. The summed E-state index contributed by atoms with van der Waals surface area (Å²) in [5, 5.41) is 3.02. The number of carbonyl (C=O) groups is 1. The fraction of sp³-hybridized carbons (Fsp3) is 0.364. The molecule has 0 saturated carbocycles. The van der Waals surface area contributed by atoms with E-state index in [0.29, 0.717) is 6.42 Å². The second-order valence-electron chi connectivity index (χ2n) is 6.97. The Morgan fingerprint density at radius 1 is 1.12 bits per heavy atom. The van der Waals surface area contributed by atoms with Crippen LogP contribution in [0.4, 0.5) is 0 Å². The minimum atomic E-state index is 0.0480. The van der Waals surface area contributed by atoms with E-state index < -0.39 is 0 Å². The van der Waals surface area contributed by atoms with Crippen LogP contribution in [0.5, 0.6) is 0 Å². The highest BCUT2D eigenvalue weighted by Crippen LogP contribution is 2.27. The van der Waals surface area contributed by atoms with Crippen molar-refractivity contribution < 1.29 is 4.79 Å². The summed E-state index contributed by atoms with van der Waals surface area (Å²) in [4.78, 5) is 17.4. The van der Waals surface area contributed by atoms with Gasteiger partial charge in [-0.3, -0.25) is 4.79 Å². The molecule has 0 unspecified atom stereocenters. The second-order valence-corrected chi connectivity index (χ2v) is 6.97. The number of hydrogen-bond donors (Lipinski definition) is 1. The Balaban J connectivity index is 2.05. The maximum atomic E-state index is 12.5. The van der Waals surface area contributed by atoms with Gasteiger partial charge in [0, 0.05) is 18.3 Å². The minimum absolute atomic E-state index is 0.0480. The topological polar surface area (TPSA) is 46.4 Å². The van der Waals surface area contributed by atoms with Crippen LogP contribution >= 0.6 is 0 Å². The largest absolute Gasteiger partial charge is 0.356 e. The van der Waals surface area contributed by atoms with E-state index >= 15 is 0 Å². The first kappa shape index (κ1) is 18.2. The maximum absolute atomic E-state index is 12.5. The number of nitrogens with one attached hydrogen (secondary N) is 1. The molecule has 1 aromatic carbocycles. The van der Waals surface area contributed by atoms with Crippen LogP contribution in [-0.4, -0.2) is 21.8 Å². The lowest BCUT2D eigenvalue weighted by Gasteiger charge is -2.08. The lowest BCUT2D eigenvalue weighted by Crippen LogP contribution is -2.26. The van der Waals surface area contributed by atoms with E-state index in [0.717, 1.165) is 47.5 Å². The van der Waals surface area contributed by atoms with Gasteiger partial charge in [0.2, 0.25) is 5.91 Å². The molecule has 3 rings (SSSR count). The first-order chi connectivity index (χ1) is 12.5. The molecule has 0 aliphatic carbocycles. The van der Waals surface area contributed by atoms with E-state index in [1.165, 1.54) is 11.1 Å². The van der Waals surface area contributed by atoms with Crippen molar-refractivity contribution in [2.75, 3.05) is 6.54 Å². The number of pyridine rings is 1. The Morgan fingerprint density at radius 2 is 1.92 bits per heavy atom. The summed E-state index contributed by atoms with van der Waals surface area (Å²) in [6.45, 7) is 9.12. The smallest absolute Gasteiger partial charge is 0.226 e. The fourth-order valence-corrected chi connectivity index (χ4v) is 3.16. The minimum Gasteiger partial charge on any atom is -0.356 e. The molecule has 1 N–H and O–H groups in total. The molecular formula is C22H27N3O. The van der Waals surface area contributed by atoms with E-state index in [1.54, 1.807) is 0 Å². The second kappa shape index (κ2) is 7.73. The standard InChI is InChI=1S/C22H27N3O/c1-5-6-11-23-20(26)14-19-21(18-10-9-15(2)17(4)13-18)24-22-16(3)8-7-12-25(19)22/h7-10,12-13H,5-6,11,14H2,1-4H3,(H,23,26). The van der Waals surface area contributed by atoms with Gasteiger partial charge in [0.1, 0.15) is 5.65 Å². The zero-order valence-corrected chi connectivity index (χ0v) is 16.1. The van der Waals surface area contributed by atoms with Crippen LogP contribution in [0.25, 0.3) is 16.9 Å². The van der Waals surface area contributed by atoms with Gasteiger partial charge >= 0.3 is 0 Å². The summed E-state index contributed by atoms with van der Waals surface area (Å²) in [7, 11) is 0. The number of amides is 1. The van der Waals surface area contributed by atoms with Gasteiger partial charge in [-0.25, -0.2) is 4.98 Å². The third kappa shape index (κ3) is 3.64. The Labute approximate surface area is 155 Å². The Morgan fingerprint density at radius 3 is 2.65 bits per heavy atom. The molecule has 136 valence electrons. The third-order valence-electron chi connectivity index (χ3n) is 4.90. The normalized spacial score (nSPS) is 11.1. The highest BCUT2D eigenvalue weighted by Gasteiger charge is 2.18. The highest BCUT2D eigenvalue weighted by molar-refractivity contribution is 5.82. The number of aromatic nitrogens is 2. The van der Waals surface area contributed by atoms with Gasteiger partial charge in [-0.1, -0.05) is 31.5 Å². The summed E-state index contributed by atoms with van der Waals surface area (Å²) < 4.78 is 2.05. The number of benzene rings is 1. The van der Waals surface area contributed by atoms with Crippen LogP contribution in [0.15, 0.2) is 36.5 Å².